The van der Waals surface area contributed by atoms with E-state index in [1.165, 1.54) is 0 Å². The van der Waals surface area contributed by atoms with Gasteiger partial charge in [0.1, 0.15) is 0 Å². The van der Waals surface area contributed by atoms with Crippen LogP contribution in [0.1, 0.15) is 32.3 Å². The van der Waals surface area contributed by atoms with E-state index in [4.69, 9.17) is 4.74 Å². The van der Waals surface area contributed by atoms with Crippen LogP contribution < -0.4 is 10.1 Å². The van der Waals surface area contributed by atoms with Gasteiger partial charge in [-0.2, -0.15) is 0 Å². The summed E-state index contributed by atoms with van der Waals surface area (Å²) in [7, 11) is 3.58. The molecular weight excluding hydrogens is 266 g/mol. The van der Waals surface area contributed by atoms with E-state index in [-0.39, 0.29) is 5.75 Å². The molecule has 0 radical (unpaired) electrons. The SMILES string of the molecule is CCCCN(C)C(=NCc1ccc(OC)c(O)c1)NCC. The monoisotopic (exact) mass is 293 g/mol. The third-order valence-electron chi connectivity index (χ3n) is 3.20. The zero-order valence-corrected chi connectivity index (χ0v) is 13.5. The van der Waals surface area contributed by atoms with Crippen LogP contribution in [0.5, 0.6) is 11.5 Å². The van der Waals surface area contributed by atoms with Gasteiger partial charge in [0.25, 0.3) is 0 Å². The molecule has 2 N–H and O–H groups in total. The van der Waals surface area contributed by atoms with Crippen LogP contribution >= 0.6 is 0 Å². The van der Waals surface area contributed by atoms with Gasteiger partial charge < -0.3 is 20.1 Å². The number of ether oxygens (including phenoxy) is 1. The normalized spacial score (nSPS) is 11.3. The van der Waals surface area contributed by atoms with E-state index in [0.29, 0.717) is 12.3 Å². The number of aromatic hydroxyl groups is 1. The minimum absolute atomic E-state index is 0.148. The number of nitrogens with one attached hydrogen (secondary N) is 1. The topological polar surface area (TPSA) is 57.1 Å². The highest BCUT2D eigenvalue weighted by molar-refractivity contribution is 5.79. The number of methoxy groups -OCH3 is 1. The second-order valence-corrected chi connectivity index (χ2v) is 4.95. The van der Waals surface area contributed by atoms with Crippen LogP contribution in [0.3, 0.4) is 0 Å². The maximum atomic E-state index is 9.79. The van der Waals surface area contributed by atoms with Gasteiger partial charge in [0.15, 0.2) is 17.5 Å². The highest BCUT2D eigenvalue weighted by atomic mass is 16.5. The lowest BCUT2D eigenvalue weighted by Gasteiger charge is -2.21. The molecule has 0 unspecified atom stereocenters. The molecule has 5 heteroatoms. The predicted octanol–water partition coefficient (Wildman–Crippen LogP) is 2.60. The van der Waals surface area contributed by atoms with E-state index in [1.54, 1.807) is 19.2 Å². The maximum absolute atomic E-state index is 9.79. The molecule has 0 atom stereocenters. The smallest absolute Gasteiger partial charge is 0.193 e. The molecule has 1 rings (SSSR count). The molecule has 1 aromatic rings. The van der Waals surface area contributed by atoms with Gasteiger partial charge in [-0.3, -0.25) is 0 Å². The van der Waals surface area contributed by atoms with Crippen LogP contribution in [-0.4, -0.2) is 43.2 Å². The van der Waals surface area contributed by atoms with E-state index in [0.717, 1.165) is 37.5 Å². The van der Waals surface area contributed by atoms with Gasteiger partial charge in [-0.05, 0) is 31.0 Å². The Kier molecular flexibility index (Phi) is 7.43. The molecule has 0 bridgehead atoms. The lowest BCUT2D eigenvalue weighted by Crippen LogP contribution is -2.39. The van der Waals surface area contributed by atoms with Crippen molar-refractivity contribution in [3.8, 4) is 11.5 Å². The first-order valence-corrected chi connectivity index (χ1v) is 7.47. The molecular formula is C16H27N3O2. The Balaban J connectivity index is 2.75. The number of hydrogen-bond donors (Lipinski definition) is 2. The molecule has 0 saturated heterocycles. The third-order valence-corrected chi connectivity index (χ3v) is 3.20. The lowest BCUT2D eigenvalue weighted by atomic mass is 10.2. The highest BCUT2D eigenvalue weighted by Gasteiger charge is 2.06. The van der Waals surface area contributed by atoms with Crippen molar-refractivity contribution in [3.05, 3.63) is 23.8 Å². The Morgan fingerprint density at radius 2 is 2.14 bits per heavy atom. The van der Waals surface area contributed by atoms with Crippen molar-refractivity contribution in [2.75, 3.05) is 27.2 Å². The number of guanidine groups is 1. The molecule has 21 heavy (non-hydrogen) atoms. The number of unbranched alkanes of at least 4 members (excludes halogenated alkanes) is 1. The number of benzene rings is 1. The maximum Gasteiger partial charge on any atom is 0.193 e. The highest BCUT2D eigenvalue weighted by Crippen LogP contribution is 2.26. The van der Waals surface area contributed by atoms with Crippen LogP contribution in [0.4, 0.5) is 0 Å². The summed E-state index contributed by atoms with van der Waals surface area (Å²) >= 11 is 0. The van der Waals surface area contributed by atoms with Crippen molar-refractivity contribution in [2.45, 2.75) is 33.2 Å². The van der Waals surface area contributed by atoms with Crippen molar-refractivity contribution >= 4 is 5.96 Å². The first-order chi connectivity index (χ1) is 10.1. The first kappa shape index (κ1) is 17.1. The van der Waals surface area contributed by atoms with Crippen molar-refractivity contribution in [1.82, 2.24) is 10.2 Å². The molecule has 0 saturated carbocycles. The molecule has 0 amide bonds. The Bertz CT molecular complexity index is 461. The van der Waals surface area contributed by atoms with E-state index in [2.05, 4.69) is 29.1 Å². The zero-order chi connectivity index (χ0) is 15.7. The largest absolute Gasteiger partial charge is 0.504 e. The second kappa shape index (κ2) is 9.10. The van der Waals surface area contributed by atoms with Crippen LogP contribution in [0.15, 0.2) is 23.2 Å². The van der Waals surface area contributed by atoms with Gasteiger partial charge in [0.05, 0.1) is 13.7 Å². The fourth-order valence-corrected chi connectivity index (χ4v) is 1.97. The molecule has 0 aliphatic carbocycles. The van der Waals surface area contributed by atoms with E-state index in [1.807, 2.05) is 13.1 Å². The summed E-state index contributed by atoms with van der Waals surface area (Å²) in [5, 5.41) is 13.1. The predicted molar refractivity (Wildman–Crippen MR) is 87.0 cm³/mol. The number of aliphatic imine (C=N–C) groups is 1. The van der Waals surface area contributed by atoms with Crippen LogP contribution in [0, 0.1) is 0 Å². The number of hydrogen-bond acceptors (Lipinski definition) is 3. The van der Waals surface area contributed by atoms with Gasteiger partial charge in [-0.15, -0.1) is 0 Å². The quantitative estimate of drug-likeness (QED) is 0.599. The third kappa shape index (κ3) is 5.53. The molecule has 0 fully saturated rings. The molecule has 0 aliphatic heterocycles. The Labute approximate surface area is 127 Å². The standard InChI is InChI=1S/C16H27N3O2/c1-5-7-10-19(3)16(17-6-2)18-12-13-8-9-15(21-4)14(20)11-13/h8-9,11,20H,5-7,10,12H2,1-4H3,(H,17,18). The van der Waals surface area contributed by atoms with Crippen molar-refractivity contribution in [1.29, 1.82) is 0 Å². The summed E-state index contributed by atoms with van der Waals surface area (Å²) in [6.07, 6.45) is 2.31. The average molecular weight is 293 g/mol. The summed E-state index contributed by atoms with van der Waals surface area (Å²) in [6, 6.07) is 5.36. The van der Waals surface area contributed by atoms with Gasteiger partial charge in [0.2, 0.25) is 0 Å². The van der Waals surface area contributed by atoms with Gasteiger partial charge in [-0.25, -0.2) is 4.99 Å². The average Bonchev–Trinajstić information content (AvgIpc) is 2.49. The Morgan fingerprint density at radius 1 is 1.38 bits per heavy atom. The Hall–Kier alpha value is -1.91. The zero-order valence-electron chi connectivity index (χ0n) is 13.5. The summed E-state index contributed by atoms with van der Waals surface area (Å²) in [4.78, 5) is 6.75. The molecule has 1 aromatic carbocycles. The molecule has 0 heterocycles. The molecule has 0 spiro atoms. The number of nitrogens with zero attached hydrogens (tertiary/aromatic N) is 2. The first-order valence-electron chi connectivity index (χ1n) is 7.47. The van der Waals surface area contributed by atoms with Gasteiger partial charge in [0, 0.05) is 20.1 Å². The summed E-state index contributed by atoms with van der Waals surface area (Å²) < 4.78 is 5.04. The van der Waals surface area contributed by atoms with E-state index in [9.17, 15) is 5.11 Å². The minimum Gasteiger partial charge on any atom is -0.504 e. The number of phenols is 1. The molecule has 0 aliphatic rings. The molecule has 0 aromatic heterocycles. The lowest BCUT2D eigenvalue weighted by molar-refractivity contribution is 0.373. The van der Waals surface area contributed by atoms with Crippen molar-refractivity contribution in [2.24, 2.45) is 4.99 Å². The Morgan fingerprint density at radius 3 is 2.71 bits per heavy atom. The van der Waals surface area contributed by atoms with Crippen LogP contribution in [-0.2, 0) is 6.54 Å². The van der Waals surface area contributed by atoms with Gasteiger partial charge in [-0.1, -0.05) is 19.4 Å². The minimum atomic E-state index is 0.148. The summed E-state index contributed by atoms with van der Waals surface area (Å²) in [5.74, 6) is 1.52. The summed E-state index contributed by atoms with van der Waals surface area (Å²) in [6.45, 7) is 6.58. The second-order valence-electron chi connectivity index (χ2n) is 4.95. The van der Waals surface area contributed by atoms with Gasteiger partial charge >= 0.3 is 0 Å². The fraction of sp³-hybridized carbons (Fsp3) is 0.562. The molecule has 5 nitrogen and oxygen atoms in total. The van der Waals surface area contributed by atoms with E-state index < -0.39 is 0 Å². The van der Waals surface area contributed by atoms with Crippen molar-refractivity contribution in [3.63, 3.8) is 0 Å². The van der Waals surface area contributed by atoms with Crippen molar-refractivity contribution < 1.29 is 9.84 Å². The van der Waals surface area contributed by atoms with Crippen LogP contribution in [0.25, 0.3) is 0 Å². The summed E-state index contributed by atoms with van der Waals surface area (Å²) in [5.41, 5.74) is 0.951. The fourth-order valence-electron chi connectivity index (χ4n) is 1.97. The number of rotatable bonds is 7. The molecule has 118 valence electrons. The van der Waals surface area contributed by atoms with Crippen LogP contribution in [0.2, 0.25) is 0 Å². The van der Waals surface area contributed by atoms with E-state index >= 15 is 0 Å². The number of phenolic OH excluding ortho intramolecular Hbond substituents is 1.